The van der Waals surface area contributed by atoms with Crippen LogP contribution in [0.25, 0.3) is 0 Å². The Morgan fingerprint density at radius 1 is 1.24 bits per heavy atom. The zero-order valence-corrected chi connectivity index (χ0v) is 12.2. The molecule has 1 amide bonds. The third kappa shape index (κ3) is 6.54. The number of benzene rings is 1. The smallest absolute Gasteiger partial charge is 0.338 e. The maximum Gasteiger partial charge on any atom is 0.338 e. The fourth-order valence-corrected chi connectivity index (χ4v) is 1.56. The third-order valence-corrected chi connectivity index (χ3v) is 2.61. The fraction of sp³-hybridized carbons (Fsp3) is 0.250. The topological polar surface area (TPSA) is 64.6 Å². The molecule has 0 aliphatic rings. The van der Waals surface area contributed by atoms with Crippen LogP contribution in [0, 0.1) is 0 Å². The van der Waals surface area contributed by atoms with Crippen LogP contribution in [0.5, 0.6) is 0 Å². The van der Waals surface area contributed by atoms with E-state index in [2.05, 4.69) is 5.48 Å². The number of ether oxygens (including phenoxy) is 1. The lowest BCUT2D eigenvalue weighted by Gasteiger charge is -2.07. The van der Waals surface area contributed by atoms with Crippen molar-refractivity contribution in [1.29, 1.82) is 0 Å². The highest BCUT2D eigenvalue weighted by Crippen LogP contribution is 2.07. The summed E-state index contributed by atoms with van der Waals surface area (Å²) in [5.74, 6) is -0.361. The van der Waals surface area contributed by atoms with E-state index in [4.69, 9.17) is 9.57 Å². The number of hydrogen-bond donors (Lipinski definition) is 1. The van der Waals surface area contributed by atoms with Gasteiger partial charge in [-0.3, -0.25) is 9.63 Å². The highest BCUT2D eigenvalue weighted by Gasteiger charge is 2.06. The van der Waals surface area contributed by atoms with E-state index in [1.165, 1.54) is 0 Å². The van der Waals surface area contributed by atoms with Gasteiger partial charge in [-0.05, 0) is 37.1 Å². The molecule has 1 aromatic carbocycles. The van der Waals surface area contributed by atoms with Crippen LogP contribution >= 0.6 is 0 Å². The van der Waals surface area contributed by atoms with Crippen LogP contribution in [0.1, 0.15) is 24.2 Å². The molecule has 0 saturated heterocycles. The largest absolute Gasteiger partial charge is 0.457 e. The average molecular weight is 289 g/mol. The van der Waals surface area contributed by atoms with Crippen molar-refractivity contribution in [3.05, 3.63) is 59.2 Å². The number of amides is 1. The van der Waals surface area contributed by atoms with Gasteiger partial charge in [0.1, 0.15) is 6.61 Å². The molecule has 1 N–H and O–H groups in total. The third-order valence-electron chi connectivity index (χ3n) is 2.61. The van der Waals surface area contributed by atoms with Crippen LogP contribution in [0.4, 0.5) is 0 Å². The first-order chi connectivity index (χ1) is 10.2. The molecule has 0 fully saturated rings. The van der Waals surface area contributed by atoms with Gasteiger partial charge in [0.15, 0.2) is 0 Å². The molecule has 1 aromatic rings. The average Bonchev–Trinajstić information content (AvgIpc) is 2.52. The van der Waals surface area contributed by atoms with Gasteiger partial charge < -0.3 is 4.74 Å². The Labute approximate surface area is 124 Å². The standard InChI is InChI=1S/C16H19NO4/c1-3-14(9-13(2)10-21-17-12-18)11-20-16(19)15-7-5-4-6-8-15/h3-9,12H,10-11H2,1-2H3,(H,17,18)/b13-9+,14-3+. The molecule has 1 rings (SSSR count). The number of allylic oxidation sites excluding steroid dienone is 1. The van der Waals surface area contributed by atoms with Gasteiger partial charge in [0.05, 0.1) is 12.2 Å². The number of hydrogen-bond acceptors (Lipinski definition) is 4. The highest BCUT2D eigenvalue weighted by molar-refractivity contribution is 5.89. The number of rotatable bonds is 8. The molecule has 0 unspecified atom stereocenters. The minimum absolute atomic E-state index is 0.183. The second kappa shape index (κ2) is 9.50. The van der Waals surface area contributed by atoms with Crippen LogP contribution in [-0.4, -0.2) is 25.6 Å². The van der Waals surface area contributed by atoms with Gasteiger partial charge in [0.25, 0.3) is 0 Å². The summed E-state index contributed by atoms with van der Waals surface area (Å²) in [6, 6.07) is 8.83. The number of nitrogens with one attached hydrogen (secondary N) is 1. The van der Waals surface area contributed by atoms with E-state index in [0.717, 1.165) is 11.1 Å². The SMILES string of the molecule is C/C=C(\C=C(/C)CONC=O)COC(=O)c1ccccc1. The van der Waals surface area contributed by atoms with Crippen LogP contribution in [0.2, 0.25) is 0 Å². The fourth-order valence-electron chi connectivity index (χ4n) is 1.56. The maximum absolute atomic E-state index is 11.8. The Hall–Kier alpha value is -2.40. The van der Waals surface area contributed by atoms with E-state index in [1.54, 1.807) is 24.3 Å². The van der Waals surface area contributed by atoms with E-state index in [-0.39, 0.29) is 19.2 Å². The van der Waals surface area contributed by atoms with Crippen molar-refractivity contribution < 1.29 is 19.2 Å². The number of carbonyl (C=O) groups is 2. The van der Waals surface area contributed by atoms with Gasteiger partial charge in [0, 0.05) is 0 Å². The summed E-state index contributed by atoms with van der Waals surface area (Å²) in [5.41, 5.74) is 4.39. The maximum atomic E-state index is 11.8. The lowest BCUT2D eigenvalue weighted by molar-refractivity contribution is -0.119. The number of hydroxylamine groups is 1. The lowest BCUT2D eigenvalue weighted by atomic mass is 10.2. The molecule has 0 bridgehead atoms. The summed E-state index contributed by atoms with van der Waals surface area (Å²) >= 11 is 0. The number of esters is 1. The molecular weight excluding hydrogens is 270 g/mol. The summed E-state index contributed by atoms with van der Waals surface area (Å²) in [4.78, 5) is 26.7. The van der Waals surface area contributed by atoms with Crippen molar-refractivity contribution in [3.8, 4) is 0 Å². The Balaban J connectivity index is 2.49. The zero-order chi connectivity index (χ0) is 15.5. The normalized spacial score (nSPS) is 11.9. The van der Waals surface area contributed by atoms with E-state index in [1.807, 2.05) is 32.1 Å². The minimum Gasteiger partial charge on any atom is -0.457 e. The van der Waals surface area contributed by atoms with Crippen molar-refractivity contribution in [2.45, 2.75) is 13.8 Å². The molecule has 0 aromatic heterocycles. The Morgan fingerprint density at radius 2 is 1.95 bits per heavy atom. The molecule has 0 radical (unpaired) electrons. The van der Waals surface area contributed by atoms with Gasteiger partial charge >= 0.3 is 5.97 Å². The van der Waals surface area contributed by atoms with Gasteiger partial charge in [-0.15, -0.1) is 0 Å². The summed E-state index contributed by atoms with van der Waals surface area (Å²) in [6.07, 6.45) is 4.17. The molecule has 21 heavy (non-hydrogen) atoms. The quantitative estimate of drug-likeness (QED) is 0.262. The summed E-state index contributed by atoms with van der Waals surface area (Å²) in [7, 11) is 0. The molecular formula is C16H19NO4. The van der Waals surface area contributed by atoms with Crippen LogP contribution in [0.3, 0.4) is 0 Å². The molecule has 5 heteroatoms. The summed E-state index contributed by atoms with van der Waals surface area (Å²) < 4.78 is 5.24. The molecule has 0 atom stereocenters. The molecule has 0 heterocycles. The second-order valence-electron chi connectivity index (χ2n) is 4.32. The van der Waals surface area contributed by atoms with Crippen LogP contribution in [0.15, 0.2) is 53.6 Å². The first-order valence-corrected chi connectivity index (χ1v) is 6.53. The van der Waals surface area contributed by atoms with Gasteiger partial charge in [-0.1, -0.05) is 30.4 Å². The highest BCUT2D eigenvalue weighted by atomic mass is 16.6. The van der Waals surface area contributed by atoms with E-state index in [0.29, 0.717) is 12.0 Å². The summed E-state index contributed by atoms with van der Waals surface area (Å²) in [6.45, 7) is 4.17. The minimum atomic E-state index is -0.361. The van der Waals surface area contributed by atoms with Crippen LogP contribution in [-0.2, 0) is 14.4 Å². The molecule has 112 valence electrons. The van der Waals surface area contributed by atoms with Crippen molar-refractivity contribution in [3.63, 3.8) is 0 Å². The second-order valence-corrected chi connectivity index (χ2v) is 4.32. The number of carbonyl (C=O) groups excluding carboxylic acids is 2. The molecule has 0 aliphatic carbocycles. The van der Waals surface area contributed by atoms with Gasteiger partial charge in [-0.2, -0.15) is 0 Å². The van der Waals surface area contributed by atoms with E-state index < -0.39 is 0 Å². The monoisotopic (exact) mass is 289 g/mol. The lowest BCUT2D eigenvalue weighted by Crippen LogP contribution is -2.13. The van der Waals surface area contributed by atoms with E-state index >= 15 is 0 Å². The van der Waals surface area contributed by atoms with Gasteiger partial charge in [0.2, 0.25) is 6.41 Å². The molecule has 0 saturated carbocycles. The van der Waals surface area contributed by atoms with E-state index in [9.17, 15) is 9.59 Å². The summed E-state index contributed by atoms with van der Waals surface area (Å²) in [5, 5.41) is 0. The van der Waals surface area contributed by atoms with Crippen LogP contribution < -0.4 is 5.48 Å². The van der Waals surface area contributed by atoms with Crippen molar-refractivity contribution in [2.75, 3.05) is 13.2 Å². The molecule has 0 aliphatic heterocycles. The zero-order valence-electron chi connectivity index (χ0n) is 12.2. The molecule has 0 spiro atoms. The van der Waals surface area contributed by atoms with Crippen molar-refractivity contribution in [2.24, 2.45) is 0 Å². The first kappa shape index (κ1) is 16.7. The first-order valence-electron chi connectivity index (χ1n) is 6.53. The van der Waals surface area contributed by atoms with Gasteiger partial charge in [-0.25, -0.2) is 10.3 Å². The Kier molecular flexibility index (Phi) is 7.53. The van der Waals surface area contributed by atoms with Crippen molar-refractivity contribution in [1.82, 2.24) is 5.48 Å². The van der Waals surface area contributed by atoms with Crippen molar-refractivity contribution >= 4 is 12.4 Å². The Morgan fingerprint density at radius 3 is 2.57 bits per heavy atom. The Bertz CT molecular complexity index is 520. The predicted molar refractivity (Wildman–Crippen MR) is 79.4 cm³/mol. The predicted octanol–water partition coefficient (Wildman–Crippen LogP) is 2.41. The molecule has 5 nitrogen and oxygen atoms in total.